The van der Waals surface area contributed by atoms with Gasteiger partial charge in [-0.25, -0.2) is 0 Å². The third-order valence-corrected chi connectivity index (χ3v) is 8.72. The van der Waals surface area contributed by atoms with Crippen LogP contribution < -0.4 is 49.9 Å². The number of rotatable bonds is 22. The molecule has 0 spiro atoms. The molecule has 286 valence electrons. The molecule has 16 nitrogen and oxygen atoms in total. The minimum atomic E-state index is -1.19. The number of hydrogen-bond acceptors (Lipinski definition) is 10. The number of phenolic OH excluding ortho intramolecular Hbond substituents is 1. The number of aromatic hydroxyl groups is 1. The van der Waals surface area contributed by atoms with Crippen molar-refractivity contribution in [3.05, 3.63) is 64.7 Å². The summed E-state index contributed by atoms with van der Waals surface area (Å²) in [6, 6.07) is 6.54. The molecular formula is C35H54N10O6S. The Bertz CT molecular complexity index is 1520. The number of hydrogen-bond donors (Lipinski definition) is 11. The van der Waals surface area contributed by atoms with Gasteiger partial charge in [0.15, 0.2) is 5.96 Å². The SMILES string of the molecule is Cc1cc(O)cc(C)c1C[C@H](N)C(=O)N[C@H](CCCN=C(N)N)C(=O)N[C@@H](Cc1ccccc1)C(=O)N[C@@H](CCCCN)C(=O)N[C@@H](CS)C(N)=O. The molecule has 2 aromatic carbocycles. The second-order valence-corrected chi connectivity index (χ2v) is 13.0. The molecule has 5 amide bonds. The molecule has 0 radical (unpaired) electrons. The van der Waals surface area contributed by atoms with Crippen LogP contribution in [0.4, 0.5) is 0 Å². The van der Waals surface area contributed by atoms with Gasteiger partial charge in [-0.3, -0.25) is 29.0 Å². The van der Waals surface area contributed by atoms with Crippen LogP contribution in [0.3, 0.4) is 0 Å². The topological polar surface area (TPSA) is 296 Å². The maximum atomic E-state index is 13.9. The van der Waals surface area contributed by atoms with Crippen LogP contribution >= 0.6 is 12.6 Å². The van der Waals surface area contributed by atoms with Gasteiger partial charge in [0.1, 0.15) is 29.9 Å². The summed E-state index contributed by atoms with van der Waals surface area (Å²) in [5.74, 6) is -3.48. The van der Waals surface area contributed by atoms with E-state index >= 15 is 0 Å². The summed E-state index contributed by atoms with van der Waals surface area (Å²) in [6.45, 7) is 4.14. The number of nitrogens with zero attached hydrogens (tertiary/aromatic N) is 1. The van der Waals surface area contributed by atoms with Crippen molar-refractivity contribution in [2.45, 2.75) is 89.0 Å². The highest BCUT2D eigenvalue weighted by atomic mass is 32.1. The van der Waals surface area contributed by atoms with Gasteiger partial charge in [0.05, 0.1) is 6.04 Å². The predicted molar refractivity (Wildman–Crippen MR) is 203 cm³/mol. The van der Waals surface area contributed by atoms with Crippen LogP contribution in [0.1, 0.15) is 54.4 Å². The number of phenols is 1. The second kappa shape index (κ2) is 22.1. The number of unbranched alkanes of at least 4 members (excludes halogenated alkanes) is 1. The number of carbonyl (C=O) groups excluding carboxylic acids is 5. The van der Waals surface area contributed by atoms with Crippen molar-refractivity contribution in [2.75, 3.05) is 18.8 Å². The highest BCUT2D eigenvalue weighted by Crippen LogP contribution is 2.22. The fourth-order valence-corrected chi connectivity index (χ4v) is 5.77. The lowest BCUT2D eigenvalue weighted by Gasteiger charge is -2.27. The average Bonchev–Trinajstić information content (AvgIpc) is 3.09. The minimum Gasteiger partial charge on any atom is -0.508 e. The van der Waals surface area contributed by atoms with Crippen LogP contribution in [0.2, 0.25) is 0 Å². The van der Waals surface area contributed by atoms with Gasteiger partial charge in [-0.2, -0.15) is 12.6 Å². The number of thiol groups is 1. The molecule has 0 aliphatic heterocycles. The zero-order valence-corrected chi connectivity index (χ0v) is 30.7. The largest absolute Gasteiger partial charge is 0.508 e. The van der Waals surface area contributed by atoms with Crippen LogP contribution in [0, 0.1) is 13.8 Å². The maximum Gasteiger partial charge on any atom is 0.243 e. The highest BCUT2D eigenvalue weighted by Gasteiger charge is 2.31. The van der Waals surface area contributed by atoms with Crippen LogP contribution in [-0.2, 0) is 36.8 Å². The standard InChI is InChI=1S/C35H54N10O6S/c1-20-15-23(46)16-21(2)24(20)18-25(37)31(48)42-27(12-8-14-41-35(39)40)32(49)44-28(17-22-9-4-3-5-10-22)34(51)43-26(11-6-7-13-36)33(50)45-29(19-52)30(38)47/h3-5,9-10,15-16,25-29,46,52H,6-8,11-14,17-19,36-37H2,1-2H3,(H2,38,47)(H,42,48)(H,43,51)(H,44,49)(H,45,50)(H4,39,40,41)/t25-,26-,27+,28-,29-/m0/s1. The summed E-state index contributed by atoms with van der Waals surface area (Å²) in [5, 5.41) is 20.6. The normalized spacial score (nSPS) is 13.8. The molecule has 0 aliphatic carbocycles. The molecule has 0 heterocycles. The van der Waals surface area contributed by atoms with Crippen molar-refractivity contribution in [3.63, 3.8) is 0 Å². The molecule has 52 heavy (non-hydrogen) atoms. The van der Waals surface area contributed by atoms with Crippen LogP contribution in [0.25, 0.3) is 0 Å². The third-order valence-electron chi connectivity index (χ3n) is 8.36. The number of benzene rings is 2. The second-order valence-electron chi connectivity index (χ2n) is 12.6. The van der Waals surface area contributed by atoms with E-state index in [1.807, 2.05) is 0 Å². The lowest BCUT2D eigenvalue weighted by atomic mass is 9.95. The number of nitrogens with two attached hydrogens (primary N) is 5. The first-order chi connectivity index (χ1) is 24.7. The fraction of sp³-hybridized carbons (Fsp3) is 0.486. The molecule has 17 heteroatoms. The zero-order chi connectivity index (χ0) is 38.8. The number of guanidine groups is 1. The molecule has 5 atom stereocenters. The van der Waals surface area contributed by atoms with Crippen LogP contribution in [0.5, 0.6) is 5.75 Å². The Morgan fingerprint density at radius 1 is 0.750 bits per heavy atom. The summed E-state index contributed by atoms with van der Waals surface area (Å²) in [6.07, 6.45) is 1.84. The molecule has 2 aromatic rings. The van der Waals surface area contributed by atoms with E-state index in [2.05, 4.69) is 38.9 Å². The van der Waals surface area contributed by atoms with E-state index in [1.165, 1.54) is 0 Å². The Morgan fingerprint density at radius 3 is 1.81 bits per heavy atom. The smallest absolute Gasteiger partial charge is 0.243 e. The first-order valence-corrected chi connectivity index (χ1v) is 17.8. The molecular weight excluding hydrogens is 689 g/mol. The molecule has 0 aromatic heterocycles. The summed E-state index contributed by atoms with van der Waals surface area (Å²) in [5.41, 5.74) is 31.3. The number of primary amides is 1. The Labute approximate surface area is 309 Å². The molecule has 0 saturated heterocycles. The van der Waals surface area contributed by atoms with Gasteiger partial charge in [0.25, 0.3) is 0 Å². The number of carbonyl (C=O) groups is 5. The van der Waals surface area contributed by atoms with Crippen molar-refractivity contribution >= 4 is 48.1 Å². The minimum absolute atomic E-state index is 0.0453. The first-order valence-electron chi connectivity index (χ1n) is 17.1. The number of amides is 5. The molecule has 0 fully saturated rings. The lowest BCUT2D eigenvalue weighted by molar-refractivity contribution is -0.134. The van der Waals surface area contributed by atoms with Gasteiger partial charge >= 0.3 is 0 Å². The summed E-state index contributed by atoms with van der Waals surface area (Å²) in [4.78, 5) is 70.2. The van der Waals surface area contributed by atoms with Gasteiger partial charge in [-0.15, -0.1) is 0 Å². The van der Waals surface area contributed by atoms with Gasteiger partial charge in [-0.05, 0) is 93.3 Å². The van der Waals surface area contributed by atoms with Crippen molar-refractivity contribution in [2.24, 2.45) is 33.7 Å². The Morgan fingerprint density at radius 2 is 1.27 bits per heavy atom. The first kappa shape index (κ1) is 43.3. The molecule has 0 saturated carbocycles. The highest BCUT2D eigenvalue weighted by molar-refractivity contribution is 7.80. The van der Waals surface area contributed by atoms with E-state index < -0.39 is 59.7 Å². The number of nitrogens with one attached hydrogen (secondary N) is 4. The van der Waals surface area contributed by atoms with Gasteiger partial charge in [0, 0.05) is 18.7 Å². The van der Waals surface area contributed by atoms with Crippen LogP contribution in [0.15, 0.2) is 47.5 Å². The average molecular weight is 743 g/mol. The Hall–Kier alpha value is -4.87. The van der Waals surface area contributed by atoms with Gasteiger partial charge in [0.2, 0.25) is 29.5 Å². The Balaban J connectivity index is 2.36. The quantitative estimate of drug-likeness (QED) is 0.0292. The molecule has 0 bridgehead atoms. The van der Waals surface area contributed by atoms with E-state index in [0.717, 1.165) is 16.7 Å². The van der Waals surface area contributed by atoms with Gasteiger partial charge < -0.3 is 55.0 Å². The van der Waals surface area contributed by atoms with E-state index in [4.69, 9.17) is 28.7 Å². The van der Waals surface area contributed by atoms with Crippen molar-refractivity contribution < 1.29 is 29.1 Å². The molecule has 2 rings (SSSR count). The predicted octanol–water partition coefficient (Wildman–Crippen LogP) is -1.34. The summed E-state index contributed by atoms with van der Waals surface area (Å²) < 4.78 is 0. The van der Waals surface area contributed by atoms with Crippen molar-refractivity contribution in [1.29, 1.82) is 0 Å². The fourth-order valence-electron chi connectivity index (χ4n) is 5.50. The van der Waals surface area contributed by atoms with Crippen molar-refractivity contribution in [1.82, 2.24) is 21.3 Å². The number of aliphatic imine (C=N–C) groups is 1. The third kappa shape index (κ3) is 14.8. The zero-order valence-electron chi connectivity index (χ0n) is 29.8. The number of aryl methyl sites for hydroxylation is 2. The van der Waals surface area contributed by atoms with E-state index in [9.17, 15) is 29.1 Å². The van der Waals surface area contributed by atoms with Gasteiger partial charge in [-0.1, -0.05) is 30.3 Å². The van der Waals surface area contributed by atoms with Crippen molar-refractivity contribution in [3.8, 4) is 5.75 Å². The van der Waals surface area contributed by atoms with E-state index in [1.54, 1.807) is 56.3 Å². The van der Waals surface area contributed by atoms with E-state index in [0.29, 0.717) is 31.4 Å². The Kier molecular flexibility index (Phi) is 18.4. The van der Waals surface area contributed by atoms with Crippen LogP contribution in [-0.4, -0.2) is 89.7 Å². The molecule has 0 unspecified atom stereocenters. The molecule has 15 N–H and O–H groups in total. The monoisotopic (exact) mass is 742 g/mol. The maximum absolute atomic E-state index is 13.9. The van der Waals surface area contributed by atoms with E-state index in [-0.39, 0.29) is 49.7 Å². The summed E-state index contributed by atoms with van der Waals surface area (Å²) in [7, 11) is 0. The summed E-state index contributed by atoms with van der Waals surface area (Å²) >= 11 is 4.08. The molecule has 0 aliphatic rings. The lowest BCUT2D eigenvalue weighted by Crippen LogP contribution is -2.59.